The van der Waals surface area contributed by atoms with E-state index in [0.29, 0.717) is 42.9 Å². The molecule has 1 aliphatic heterocycles. The molecule has 8 nitrogen and oxygen atoms in total. The summed E-state index contributed by atoms with van der Waals surface area (Å²) in [6, 6.07) is 4.70. The van der Waals surface area contributed by atoms with E-state index >= 15 is 0 Å². The molecule has 0 saturated carbocycles. The smallest absolute Gasteiger partial charge is 0.341 e. The Bertz CT molecular complexity index is 787. The number of morpholine rings is 1. The van der Waals surface area contributed by atoms with Crippen molar-refractivity contribution >= 4 is 28.2 Å². The minimum Gasteiger partial charge on any atom is -0.462 e. The van der Waals surface area contributed by atoms with Crippen LogP contribution in [0.15, 0.2) is 24.4 Å². The van der Waals surface area contributed by atoms with Gasteiger partial charge in [-0.15, -0.1) is 0 Å². The van der Waals surface area contributed by atoms with Crippen LogP contribution in [0.4, 0.5) is 11.4 Å². The predicted octanol–water partition coefficient (Wildman–Crippen LogP) is 2.16. The first-order chi connectivity index (χ1) is 11.6. The lowest BCUT2D eigenvalue weighted by molar-refractivity contribution is -0.383. The maximum absolute atomic E-state index is 12.3. The number of anilines is 1. The van der Waals surface area contributed by atoms with Gasteiger partial charge in [-0.25, -0.2) is 4.79 Å². The number of pyridine rings is 1. The van der Waals surface area contributed by atoms with E-state index < -0.39 is 10.9 Å². The molecule has 0 amide bonds. The summed E-state index contributed by atoms with van der Waals surface area (Å²) < 4.78 is 10.5. The van der Waals surface area contributed by atoms with E-state index in [2.05, 4.69) is 4.98 Å². The Balaban J connectivity index is 2.28. The molecule has 1 fully saturated rings. The van der Waals surface area contributed by atoms with Gasteiger partial charge in [0.05, 0.1) is 35.9 Å². The maximum Gasteiger partial charge on any atom is 0.341 e. The summed E-state index contributed by atoms with van der Waals surface area (Å²) in [5.41, 5.74) is 1.13. The third kappa shape index (κ3) is 2.88. The van der Waals surface area contributed by atoms with Crippen LogP contribution in [0.2, 0.25) is 0 Å². The number of carbonyl (C=O) groups is 1. The number of esters is 1. The highest BCUT2D eigenvalue weighted by atomic mass is 16.6. The molecule has 1 aliphatic rings. The molecule has 3 rings (SSSR count). The number of benzene rings is 1. The van der Waals surface area contributed by atoms with Crippen LogP contribution in [0.1, 0.15) is 17.3 Å². The summed E-state index contributed by atoms with van der Waals surface area (Å²) in [6.45, 7) is 3.99. The largest absolute Gasteiger partial charge is 0.462 e. The predicted molar refractivity (Wildman–Crippen MR) is 87.4 cm³/mol. The lowest BCUT2D eigenvalue weighted by Crippen LogP contribution is -2.37. The molecule has 8 heteroatoms. The molecule has 0 N–H and O–H groups in total. The zero-order valence-electron chi connectivity index (χ0n) is 13.2. The Hall–Kier alpha value is -2.74. The molecule has 0 unspecified atom stereocenters. The Labute approximate surface area is 138 Å². The van der Waals surface area contributed by atoms with Crippen LogP contribution < -0.4 is 4.90 Å². The highest BCUT2D eigenvalue weighted by molar-refractivity contribution is 6.08. The molecule has 1 saturated heterocycles. The second-order valence-electron chi connectivity index (χ2n) is 5.27. The minimum atomic E-state index is -0.536. The molecule has 2 aromatic rings. The van der Waals surface area contributed by atoms with Crippen molar-refractivity contribution in [2.75, 3.05) is 37.8 Å². The van der Waals surface area contributed by atoms with Crippen molar-refractivity contribution in [3.05, 3.63) is 40.1 Å². The second kappa shape index (κ2) is 6.79. The van der Waals surface area contributed by atoms with E-state index in [9.17, 15) is 14.9 Å². The second-order valence-corrected chi connectivity index (χ2v) is 5.27. The monoisotopic (exact) mass is 331 g/mol. The van der Waals surface area contributed by atoms with E-state index in [0.717, 1.165) is 0 Å². The SMILES string of the molecule is CCOC(=O)c1cnc2cccc([N+](=O)[O-])c2c1N1CCOCC1. The van der Waals surface area contributed by atoms with Crippen molar-refractivity contribution in [1.29, 1.82) is 0 Å². The van der Waals surface area contributed by atoms with Crippen LogP contribution in [0.3, 0.4) is 0 Å². The molecule has 2 heterocycles. The summed E-state index contributed by atoms with van der Waals surface area (Å²) in [4.78, 5) is 29.5. The average Bonchev–Trinajstić information content (AvgIpc) is 2.61. The average molecular weight is 331 g/mol. The fraction of sp³-hybridized carbons (Fsp3) is 0.375. The standard InChI is InChI=1S/C16H17N3O5/c1-2-24-16(20)11-10-17-12-4-3-5-13(19(21)22)14(12)15(11)18-6-8-23-9-7-18/h3-5,10H,2,6-9H2,1H3. The van der Waals surface area contributed by atoms with Crippen LogP contribution in [0, 0.1) is 10.1 Å². The first kappa shape index (κ1) is 16.1. The van der Waals surface area contributed by atoms with Crippen LogP contribution in [-0.2, 0) is 9.47 Å². The first-order valence-electron chi connectivity index (χ1n) is 7.69. The number of carbonyl (C=O) groups excluding carboxylic acids is 1. The summed E-state index contributed by atoms with van der Waals surface area (Å²) in [7, 11) is 0. The lowest BCUT2D eigenvalue weighted by Gasteiger charge is -2.30. The van der Waals surface area contributed by atoms with Crippen LogP contribution >= 0.6 is 0 Å². The number of aromatic nitrogens is 1. The Morgan fingerprint density at radius 2 is 2.17 bits per heavy atom. The number of nitro groups is 1. The molecule has 0 atom stereocenters. The van der Waals surface area contributed by atoms with Gasteiger partial charge in [0.25, 0.3) is 5.69 Å². The van der Waals surface area contributed by atoms with E-state index in [4.69, 9.17) is 9.47 Å². The van der Waals surface area contributed by atoms with Gasteiger partial charge in [-0.3, -0.25) is 15.1 Å². The van der Waals surface area contributed by atoms with E-state index in [1.54, 1.807) is 19.1 Å². The highest BCUT2D eigenvalue weighted by Crippen LogP contribution is 2.36. The van der Waals surface area contributed by atoms with Crippen LogP contribution in [0.25, 0.3) is 10.9 Å². The molecule has 0 aliphatic carbocycles. The number of nitro benzene ring substituents is 1. The fourth-order valence-electron chi connectivity index (χ4n) is 2.83. The summed E-state index contributed by atoms with van der Waals surface area (Å²) in [5, 5.41) is 11.8. The summed E-state index contributed by atoms with van der Waals surface area (Å²) in [6.07, 6.45) is 1.43. The van der Waals surface area contributed by atoms with E-state index in [1.165, 1.54) is 12.3 Å². The van der Waals surface area contributed by atoms with Crippen molar-refractivity contribution in [2.24, 2.45) is 0 Å². The topological polar surface area (TPSA) is 94.8 Å². The third-order valence-corrected chi connectivity index (χ3v) is 3.86. The normalized spacial score (nSPS) is 14.6. The third-order valence-electron chi connectivity index (χ3n) is 3.86. The van der Waals surface area contributed by atoms with Gasteiger partial charge in [0.15, 0.2) is 0 Å². The van der Waals surface area contributed by atoms with Gasteiger partial charge in [-0.2, -0.15) is 0 Å². The molecule has 0 bridgehead atoms. The molecule has 1 aromatic carbocycles. The van der Waals surface area contributed by atoms with Gasteiger partial charge in [0, 0.05) is 25.4 Å². The number of non-ortho nitro benzene ring substituents is 1. The van der Waals surface area contributed by atoms with Gasteiger partial charge in [-0.1, -0.05) is 6.07 Å². The molecule has 126 valence electrons. The van der Waals surface area contributed by atoms with Gasteiger partial charge >= 0.3 is 5.97 Å². The van der Waals surface area contributed by atoms with Crippen molar-refractivity contribution in [1.82, 2.24) is 4.98 Å². The molecular formula is C16H17N3O5. The number of hydrogen-bond donors (Lipinski definition) is 0. The molecule has 0 spiro atoms. The number of hydrogen-bond acceptors (Lipinski definition) is 7. The number of ether oxygens (including phenoxy) is 2. The maximum atomic E-state index is 12.3. The first-order valence-corrected chi connectivity index (χ1v) is 7.69. The van der Waals surface area contributed by atoms with Crippen molar-refractivity contribution in [2.45, 2.75) is 6.92 Å². The lowest BCUT2D eigenvalue weighted by atomic mass is 10.1. The fourth-order valence-corrected chi connectivity index (χ4v) is 2.83. The number of rotatable bonds is 4. The summed E-state index contributed by atoms with van der Waals surface area (Å²) in [5.74, 6) is -0.536. The van der Waals surface area contributed by atoms with Crippen LogP contribution in [-0.4, -0.2) is 48.8 Å². The van der Waals surface area contributed by atoms with Gasteiger partial charge in [0.1, 0.15) is 10.9 Å². The van der Waals surface area contributed by atoms with Crippen molar-refractivity contribution < 1.29 is 19.2 Å². The Morgan fingerprint density at radius 3 is 2.83 bits per heavy atom. The molecule has 1 aromatic heterocycles. The Kier molecular flexibility index (Phi) is 4.57. The van der Waals surface area contributed by atoms with Gasteiger partial charge in [-0.05, 0) is 13.0 Å². The van der Waals surface area contributed by atoms with Gasteiger partial charge < -0.3 is 14.4 Å². The van der Waals surface area contributed by atoms with E-state index in [1.807, 2.05) is 4.90 Å². The van der Waals surface area contributed by atoms with Crippen molar-refractivity contribution in [3.63, 3.8) is 0 Å². The van der Waals surface area contributed by atoms with Gasteiger partial charge in [0.2, 0.25) is 0 Å². The van der Waals surface area contributed by atoms with Crippen molar-refractivity contribution in [3.8, 4) is 0 Å². The number of nitrogens with zero attached hydrogens (tertiary/aromatic N) is 3. The molecular weight excluding hydrogens is 314 g/mol. The zero-order chi connectivity index (χ0) is 17.1. The van der Waals surface area contributed by atoms with Crippen LogP contribution in [0.5, 0.6) is 0 Å². The molecule has 0 radical (unpaired) electrons. The minimum absolute atomic E-state index is 0.0763. The van der Waals surface area contributed by atoms with E-state index in [-0.39, 0.29) is 17.9 Å². The molecule has 24 heavy (non-hydrogen) atoms. The highest BCUT2D eigenvalue weighted by Gasteiger charge is 2.27. The quantitative estimate of drug-likeness (QED) is 0.481. The zero-order valence-corrected chi connectivity index (χ0v) is 13.2. The summed E-state index contributed by atoms with van der Waals surface area (Å²) >= 11 is 0. The Morgan fingerprint density at radius 1 is 1.42 bits per heavy atom. The number of fused-ring (bicyclic) bond motifs is 1.